The van der Waals surface area contributed by atoms with Crippen molar-refractivity contribution in [2.24, 2.45) is 0 Å². The van der Waals surface area contributed by atoms with Crippen LogP contribution in [0.15, 0.2) is 30.3 Å². The van der Waals surface area contributed by atoms with Gasteiger partial charge in [-0.2, -0.15) is 0 Å². The molecule has 4 unspecified atom stereocenters. The first kappa shape index (κ1) is 16.5. The lowest BCUT2D eigenvalue weighted by Gasteiger charge is -2.44. The molecule has 0 aromatic heterocycles. The Hall–Kier alpha value is -1.40. The maximum Gasteiger partial charge on any atom is 0.347 e. The van der Waals surface area contributed by atoms with Gasteiger partial charge in [0.2, 0.25) is 10.8 Å². The van der Waals surface area contributed by atoms with E-state index in [1.807, 2.05) is 30.3 Å². The molecule has 2 fully saturated rings. The number of nitrogens with zero attached hydrogens (tertiary/aromatic N) is 1. The van der Waals surface area contributed by atoms with E-state index in [0.29, 0.717) is 12.8 Å². The van der Waals surface area contributed by atoms with Gasteiger partial charge in [-0.05, 0) is 12.0 Å². The van der Waals surface area contributed by atoms with Gasteiger partial charge < -0.3 is 9.64 Å². The van der Waals surface area contributed by atoms with Gasteiger partial charge in [0, 0.05) is 18.2 Å². The largest absolute Gasteiger partial charge is 0.458 e. The molecule has 124 valence electrons. The Labute approximate surface area is 142 Å². The molecular formula is C16H18ClNO4S. The topological polar surface area (TPSA) is 63.7 Å². The zero-order chi connectivity index (χ0) is 16.6. The fourth-order valence-corrected chi connectivity index (χ4v) is 5.53. The molecule has 0 radical (unpaired) electrons. The van der Waals surface area contributed by atoms with Gasteiger partial charge in [-0.15, -0.1) is 11.6 Å². The lowest BCUT2D eigenvalue weighted by molar-refractivity contribution is -0.164. The molecule has 1 amide bonds. The van der Waals surface area contributed by atoms with Crippen LogP contribution in [0.5, 0.6) is 0 Å². The van der Waals surface area contributed by atoms with E-state index in [4.69, 9.17) is 16.3 Å². The van der Waals surface area contributed by atoms with E-state index >= 15 is 0 Å². The summed E-state index contributed by atoms with van der Waals surface area (Å²) in [6.45, 7) is 1.78. The van der Waals surface area contributed by atoms with Gasteiger partial charge in [-0.25, -0.2) is 4.79 Å². The number of rotatable bonds is 5. The van der Waals surface area contributed by atoms with Crippen LogP contribution in [0.1, 0.15) is 25.3 Å². The van der Waals surface area contributed by atoms with Gasteiger partial charge in [0.1, 0.15) is 6.61 Å². The minimum Gasteiger partial charge on any atom is -0.458 e. The quantitative estimate of drug-likeness (QED) is 0.459. The van der Waals surface area contributed by atoms with E-state index in [0.717, 1.165) is 5.56 Å². The maximum absolute atomic E-state index is 12.8. The number of hydrogen-bond donors (Lipinski definition) is 0. The van der Waals surface area contributed by atoms with Crippen molar-refractivity contribution in [1.82, 2.24) is 4.90 Å². The Bertz CT molecular complexity index is 653. The zero-order valence-corrected chi connectivity index (χ0v) is 14.3. The Kier molecular flexibility index (Phi) is 4.47. The zero-order valence-electron chi connectivity index (χ0n) is 12.7. The van der Waals surface area contributed by atoms with E-state index in [-0.39, 0.29) is 24.3 Å². The van der Waals surface area contributed by atoms with Crippen molar-refractivity contribution in [3.63, 3.8) is 0 Å². The third-order valence-electron chi connectivity index (χ3n) is 4.42. The van der Waals surface area contributed by atoms with Gasteiger partial charge in [0.05, 0.1) is 16.2 Å². The summed E-state index contributed by atoms with van der Waals surface area (Å²) in [6, 6.07) is 9.12. The molecule has 1 aromatic rings. The minimum absolute atomic E-state index is 0.0681. The van der Waals surface area contributed by atoms with Gasteiger partial charge >= 0.3 is 5.97 Å². The highest BCUT2D eigenvalue weighted by molar-refractivity contribution is 7.87. The number of benzene rings is 1. The molecule has 0 spiro atoms. The summed E-state index contributed by atoms with van der Waals surface area (Å²) in [7, 11) is -1.60. The molecule has 0 N–H and O–H groups in total. The molecule has 4 atom stereocenters. The third-order valence-corrected chi connectivity index (χ3v) is 6.91. The average Bonchev–Trinajstić information content (AvgIpc) is 2.80. The number of fused-ring (bicyclic) bond motifs is 1. The number of carbonyl (C=O) groups excluding carboxylic acids is 2. The first-order valence-corrected chi connectivity index (χ1v) is 9.33. The van der Waals surface area contributed by atoms with Crippen molar-refractivity contribution in [3.05, 3.63) is 35.9 Å². The smallest absolute Gasteiger partial charge is 0.347 e. The highest BCUT2D eigenvalue weighted by atomic mass is 35.5. The van der Waals surface area contributed by atoms with Crippen LogP contribution in [0, 0.1) is 0 Å². The molecule has 2 aliphatic heterocycles. The second-order valence-corrected chi connectivity index (χ2v) is 8.13. The highest BCUT2D eigenvalue weighted by Crippen LogP contribution is 2.48. The summed E-state index contributed by atoms with van der Waals surface area (Å²) in [5, 5.41) is -0.692. The van der Waals surface area contributed by atoms with Crippen molar-refractivity contribution in [1.29, 1.82) is 0 Å². The van der Waals surface area contributed by atoms with E-state index in [9.17, 15) is 13.8 Å². The molecule has 5 nitrogen and oxygen atoms in total. The van der Waals surface area contributed by atoms with Crippen LogP contribution in [0.3, 0.4) is 0 Å². The maximum atomic E-state index is 12.8. The fraction of sp³-hybridized carbons (Fsp3) is 0.500. The molecular weight excluding hydrogens is 338 g/mol. The molecule has 0 saturated carbocycles. The van der Waals surface area contributed by atoms with Crippen molar-refractivity contribution in [3.8, 4) is 0 Å². The fourth-order valence-electron chi connectivity index (χ4n) is 3.30. The van der Waals surface area contributed by atoms with E-state index in [1.54, 1.807) is 6.92 Å². The van der Waals surface area contributed by atoms with Crippen LogP contribution in [0.25, 0.3) is 0 Å². The lowest BCUT2D eigenvalue weighted by Crippen LogP contribution is -2.66. The Morgan fingerprint density at radius 3 is 2.74 bits per heavy atom. The number of alkyl halides is 1. The first-order chi connectivity index (χ1) is 11.0. The molecule has 2 aliphatic rings. The third kappa shape index (κ3) is 2.48. The van der Waals surface area contributed by atoms with Crippen molar-refractivity contribution >= 4 is 34.3 Å². The van der Waals surface area contributed by atoms with Crippen LogP contribution in [-0.2, 0) is 31.7 Å². The Morgan fingerprint density at radius 2 is 2.13 bits per heavy atom. The molecule has 23 heavy (non-hydrogen) atoms. The summed E-state index contributed by atoms with van der Waals surface area (Å²) in [5.74, 6) is -0.617. The lowest BCUT2D eigenvalue weighted by atomic mass is 10.0. The van der Waals surface area contributed by atoms with Crippen LogP contribution in [0.2, 0.25) is 0 Å². The van der Waals surface area contributed by atoms with Gasteiger partial charge in [-0.1, -0.05) is 37.3 Å². The van der Waals surface area contributed by atoms with Crippen molar-refractivity contribution in [2.75, 3.05) is 5.75 Å². The number of carbonyl (C=O) groups is 2. The van der Waals surface area contributed by atoms with Gasteiger partial charge in [0.25, 0.3) is 0 Å². The summed E-state index contributed by atoms with van der Waals surface area (Å²) >= 11 is 6.39. The highest BCUT2D eigenvalue weighted by Gasteiger charge is 2.68. The predicted molar refractivity (Wildman–Crippen MR) is 87.2 cm³/mol. The second-order valence-electron chi connectivity index (χ2n) is 5.72. The van der Waals surface area contributed by atoms with Crippen LogP contribution in [-0.4, -0.2) is 43.0 Å². The van der Waals surface area contributed by atoms with E-state index in [1.165, 1.54) is 4.90 Å². The average molecular weight is 356 g/mol. The molecule has 3 rings (SSSR count). The number of ether oxygens (including phenoxy) is 1. The number of amides is 1. The first-order valence-electron chi connectivity index (χ1n) is 7.57. The van der Waals surface area contributed by atoms with E-state index < -0.39 is 27.0 Å². The van der Waals surface area contributed by atoms with Gasteiger partial charge in [0.15, 0.2) is 0 Å². The standard InChI is InChI=1S/C16H18ClNO4S/c1-2-23(21)16(13(17)8-12-9-14(19)18(12)16)15(20)22-10-11-6-4-3-5-7-11/h3-7,12-13H,2,8-10H2,1H3. The molecule has 2 saturated heterocycles. The van der Waals surface area contributed by atoms with Crippen molar-refractivity contribution < 1.29 is 18.5 Å². The molecule has 0 aliphatic carbocycles. The SMILES string of the molecule is CCS(=O)C1(C(=O)OCc2ccccc2)C(Cl)CC2CC(=O)N21. The summed E-state index contributed by atoms with van der Waals surface area (Å²) in [6.07, 6.45) is 0.831. The molecule has 7 heteroatoms. The Balaban J connectivity index is 1.86. The van der Waals surface area contributed by atoms with E-state index in [2.05, 4.69) is 0 Å². The van der Waals surface area contributed by atoms with Crippen LogP contribution >= 0.6 is 11.6 Å². The number of hydrogen-bond acceptors (Lipinski definition) is 4. The summed E-state index contributed by atoms with van der Waals surface area (Å²) < 4.78 is 18.1. The monoisotopic (exact) mass is 355 g/mol. The molecule has 1 aromatic carbocycles. The van der Waals surface area contributed by atoms with Gasteiger partial charge in [-0.3, -0.25) is 9.00 Å². The van der Waals surface area contributed by atoms with Crippen LogP contribution < -0.4 is 0 Å². The minimum atomic E-state index is -1.60. The second kappa shape index (κ2) is 6.24. The number of β-lactam (4-membered cyclic amide) rings is 1. The molecule has 0 bridgehead atoms. The number of halogens is 1. The van der Waals surface area contributed by atoms with Crippen LogP contribution in [0.4, 0.5) is 0 Å². The van der Waals surface area contributed by atoms with Crippen molar-refractivity contribution in [2.45, 2.75) is 42.7 Å². The summed E-state index contributed by atoms with van der Waals surface area (Å²) in [5.41, 5.74) is 0.828. The summed E-state index contributed by atoms with van der Waals surface area (Å²) in [4.78, 5) is 24.6. The number of esters is 1. The Morgan fingerprint density at radius 1 is 1.43 bits per heavy atom. The predicted octanol–water partition coefficient (Wildman–Crippen LogP) is 1.81. The normalized spacial score (nSPS) is 30.5. The molecule has 2 heterocycles.